The van der Waals surface area contributed by atoms with Crippen LogP contribution < -0.4 is 0 Å². The Kier molecular flexibility index (Phi) is 2.08. The molecular formula is C8H9NS. The molecule has 0 spiro atoms. The average molecular weight is 151 g/mol. The Balaban J connectivity index is 2.91. The topological polar surface area (TPSA) is 12.9 Å². The number of hydrogen-bond acceptors (Lipinski definition) is 2. The molecule has 2 heteroatoms. The SMILES string of the molecule is C#Cc1cc(C(C)C)sn1. The molecule has 1 heterocycles. The van der Waals surface area contributed by atoms with Gasteiger partial charge in [0, 0.05) is 4.88 Å². The summed E-state index contributed by atoms with van der Waals surface area (Å²) in [6, 6.07) is 1.97. The van der Waals surface area contributed by atoms with Crippen LogP contribution in [-0.4, -0.2) is 4.37 Å². The van der Waals surface area contributed by atoms with E-state index in [9.17, 15) is 0 Å². The van der Waals surface area contributed by atoms with E-state index in [0.29, 0.717) is 5.92 Å². The summed E-state index contributed by atoms with van der Waals surface area (Å²) in [4.78, 5) is 1.26. The maximum atomic E-state index is 5.16. The molecule has 0 unspecified atom stereocenters. The van der Waals surface area contributed by atoms with Gasteiger partial charge in [0.05, 0.1) is 0 Å². The summed E-state index contributed by atoms with van der Waals surface area (Å²) in [5.74, 6) is 3.04. The fraction of sp³-hybridized carbons (Fsp3) is 0.375. The Morgan fingerprint density at radius 1 is 1.70 bits per heavy atom. The molecule has 0 aromatic carbocycles. The lowest BCUT2D eigenvalue weighted by Gasteiger charge is -1.94. The first-order valence-corrected chi connectivity index (χ1v) is 3.94. The van der Waals surface area contributed by atoms with Crippen molar-refractivity contribution in [3.63, 3.8) is 0 Å². The first-order valence-electron chi connectivity index (χ1n) is 3.17. The van der Waals surface area contributed by atoms with Crippen LogP contribution in [0.2, 0.25) is 0 Å². The van der Waals surface area contributed by atoms with Crippen molar-refractivity contribution in [3.05, 3.63) is 16.6 Å². The number of nitrogens with zero attached hydrogens (tertiary/aromatic N) is 1. The lowest BCUT2D eigenvalue weighted by atomic mass is 10.2. The van der Waals surface area contributed by atoms with Crippen molar-refractivity contribution in [3.8, 4) is 12.3 Å². The second-order valence-electron chi connectivity index (χ2n) is 2.41. The van der Waals surface area contributed by atoms with Crippen molar-refractivity contribution in [2.75, 3.05) is 0 Å². The van der Waals surface area contributed by atoms with Gasteiger partial charge >= 0.3 is 0 Å². The number of hydrogen-bond donors (Lipinski definition) is 0. The van der Waals surface area contributed by atoms with Gasteiger partial charge in [-0.05, 0) is 29.4 Å². The van der Waals surface area contributed by atoms with Gasteiger partial charge in [-0.2, -0.15) is 4.37 Å². The van der Waals surface area contributed by atoms with Crippen LogP contribution in [0.15, 0.2) is 6.07 Å². The Labute approximate surface area is 65.3 Å². The molecule has 0 fully saturated rings. The highest BCUT2D eigenvalue weighted by atomic mass is 32.1. The van der Waals surface area contributed by atoms with Gasteiger partial charge in [0.25, 0.3) is 0 Å². The fourth-order valence-corrected chi connectivity index (χ4v) is 1.31. The van der Waals surface area contributed by atoms with Crippen molar-refractivity contribution in [2.24, 2.45) is 0 Å². The fourth-order valence-electron chi connectivity index (χ4n) is 0.629. The van der Waals surface area contributed by atoms with Gasteiger partial charge in [-0.25, -0.2) is 0 Å². The lowest BCUT2D eigenvalue weighted by Crippen LogP contribution is -1.78. The third-order valence-corrected chi connectivity index (χ3v) is 2.33. The predicted octanol–water partition coefficient (Wildman–Crippen LogP) is 2.25. The second kappa shape index (κ2) is 2.85. The standard InChI is InChI=1S/C8H9NS/c1-4-7-5-8(6(2)3)10-9-7/h1,5-6H,2-3H3. The van der Waals surface area contributed by atoms with E-state index >= 15 is 0 Å². The molecule has 0 atom stereocenters. The van der Waals surface area contributed by atoms with E-state index < -0.39 is 0 Å². The molecule has 0 aliphatic carbocycles. The molecule has 1 aromatic heterocycles. The molecule has 1 nitrogen and oxygen atoms in total. The first-order chi connectivity index (χ1) is 4.74. The highest BCUT2D eigenvalue weighted by molar-refractivity contribution is 7.05. The Morgan fingerprint density at radius 2 is 2.40 bits per heavy atom. The predicted molar refractivity (Wildman–Crippen MR) is 44.1 cm³/mol. The van der Waals surface area contributed by atoms with Crippen LogP contribution in [-0.2, 0) is 0 Å². The molecule has 0 amide bonds. The largest absolute Gasteiger partial charge is 0.184 e. The van der Waals surface area contributed by atoms with E-state index in [1.807, 2.05) is 6.07 Å². The summed E-state index contributed by atoms with van der Waals surface area (Å²) in [6.07, 6.45) is 5.16. The molecule has 10 heavy (non-hydrogen) atoms. The smallest absolute Gasteiger partial charge is 0.127 e. The molecule has 52 valence electrons. The number of terminal acetylenes is 1. The third kappa shape index (κ3) is 1.37. The normalized spacial score (nSPS) is 9.80. The van der Waals surface area contributed by atoms with Gasteiger partial charge in [-0.1, -0.05) is 13.8 Å². The molecule has 0 aliphatic heterocycles. The second-order valence-corrected chi connectivity index (χ2v) is 3.25. The average Bonchev–Trinajstić information content (AvgIpc) is 2.34. The summed E-state index contributed by atoms with van der Waals surface area (Å²) >= 11 is 1.49. The van der Waals surface area contributed by atoms with Gasteiger partial charge < -0.3 is 0 Å². The van der Waals surface area contributed by atoms with Crippen LogP contribution >= 0.6 is 11.5 Å². The molecule has 0 saturated heterocycles. The molecule has 0 aliphatic rings. The first kappa shape index (κ1) is 7.30. The molecule has 1 rings (SSSR count). The molecule has 0 N–H and O–H groups in total. The highest BCUT2D eigenvalue weighted by Crippen LogP contribution is 2.19. The van der Waals surface area contributed by atoms with E-state index in [-0.39, 0.29) is 0 Å². The van der Waals surface area contributed by atoms with E-state index in [4.69, 9.17) is 6.42 Å². The molecule has 0 bridgehead atoms. The molecule has 1 aromatic rings. The number of aromatic nitrogens is 1. The van der Waals surface area contributed by atoms with Gasteiger partial charge in [-0.15, -0.1) is 6.42 Å². The summed E-state index contributed by atoms with van der Waals surface area (Å²) in [5.41, 5.74) is 0.758. The van der Waals surface area contributed by atoms with Gasteiger partial charge in [0.15, 0.2) is 0 Å². The van der Waals surface area contributed by atoms with E-state index in [0.717, 1.165) is 5.69 Å². The Bertz CT molecular complexity index is 254. The van der Waals surface area contributed by atoms with Crippen molar-refractivity contribution in [2.45, 2.75) is 19.8 Å². The summed E-state index contributed by atoms with van der Waals surface area (Å²) in [7, 11) is 0. The molecule has 0 saturated carbocycles. The third-order valence-electron chi connectivity index (χ3n) is 1.25. The van der Waals surface area contributed by atoms with Crippen molar-refractivity contribution >= 4 is 11.5 Å². The lowest BCUT2D eigenvalue weighted by molar-refractivity contribution is 0.889. The highest BCUT2D eigenvalue weighted by Gasteiger charge is 2.02. The zero-order valence-corrected chi connectivity index (χ0v) is 6.90. The Morgan fingerprint density at radius 3 is 2.70 bits per heavy atom. The maximum Gasteiger partial charge on any atom is 0.127 e. The van der Waals surface area contributed by atoms with E-state index in [1.165, 1.54) is 16.4 Å². The summed E-state index contributed by atoms with van der Waals surface area (Å²) in [6.45, 7) is 4.27. The minimum Gasteiger partial charge on any atom is -0.184 e. The Hall–Kier alpha value is -0.810. The maximum absolute atomic E-state index is 5.16. The van der Waals surface area contributed by atoms with Crippen molar-refractivity contribution < 1.29 is 0 Å². The van der Waals surface area contributed by atoms with Crippen molar-refractivity contribution in [1.82, 2.24) is 4.37 Å². The van der Waals surface area contributed by atoms with Crippen LogP contribution in [0.1, 0.15) is 30.3 Å². The minimum atomic E-state index is 0.541. The molecule has 0 radical (unpaired) electrons. The van der Waals surface area contributed by atoms with E-state index in [2.05, 4.69) is 24.1 Å². The van der Waals surface area contributed by atoms with E-state index in [1.54, 1.807) is 0 Å². The van der Waals surface area contributed by atoms with Gasteiger partial charge in [-0.3, -0.25) is 0 Å². The van der Waals surface area contributed by atoms with Crippen molar-refractivity contribution in [1.29, 1.82) is 0 Å². The van der Waals surface area contributed by atoms with Gasteiger partial charge in [0.2, 0.25) is 0 Å². The van der Waals surface area contributed by atoms with Crippen LogP contribution in [0.25, 0.3) is 0 Å². The zero-order chi connectivity index (χ0) is 7.56. The minimum absolute atomic E-state index is 0.541. The van der Waals surface area contributed by atoms with Crippen LogP contribution in [0.3, 0.4) is 0 Å². The summed E-state index contributed by atoms with van der Waals surface area (Å²) in [5, 5.41) is 0. The van der Waals surface area contributed by atoms with Crippen LogP contribution in [0.5, 0.6) is 0 Å². The summed E-state index contributed by atoms with van der Waals surface area (Å²) < 4.78 is 4.06. The molecular weight excluding hydrogens is 142 g/mol. The van der Waals surface area contributed by atoms with Crippen LogP contribution in [0.4, 0.5) is 0 Å². The number of rotatable bonds is 1. The van der Waals surface area contributed by atoms with Crippen LogP contribution in [0, 0.1) is 12.3 Å². The zero-order valence-electron chi connectivity index (χ0n) is 6.09. The monoisotopic (exact) mass is 151 g/mol. The quantitative estimate of drug-likeness (QED) is 0.561. The van der Waals surface area contributed by atoms with Gasteiger partial charge in [0.1, 0.15) is 5.69 Å².